The maximum Gasteiger partial charge on any atom is 0.135 e. The normalized spacial score (nSPS) is 24.1. The molecule has 3 nitrogen and oxygen atoms in total. The van der Waals surface area contributed by atoms with Gasteiger partial charge in [-0.25, -0.2) is 4.39 Å². The number of morpholine rings is 1. The molecule has 1 aliphatic rings. The first-order valence-electron chi connectivity index (χ1n) is 5.97. The highest BCUT2D eigenvalue weighted by Gasteiger charge is 2.23. The summed E-state index contributed by atoms with van der Waals surface area (Å²) in [7, 11) is 0. The van der Waals surface area contributed by atoms with E-state index in [1.165, 1.54) is 6.07 Å². The van der Waals surface area contributed by atoms with Crippen LogP contribution in [-0.4, -0.2) is 30.3 Å². The number of hydrogen-bond acceptors (Lipinski definition) is 3. The van der Waals surface area contributed by atoms with Gasteiger partial charge in [-0.05, 0) is 32.0 Å². The number of ether oxygens (including phenoxy) is 1. The van der Waals surface area contributed by atoms with Crippen molar-refractivity contribution in [2.75, 3.05) is 18.0 Å². The number of anilines is 1. The van der Waals surface area contributed by atoms with Crippen molar-refractivity contribution in [1.82, 2.24) is 0 Å². The van der Waals surface area contributed by atoms with Gasteiger partial charge in [-0.15, -0.1) is 0 Å². The Kier molecular flexibility index (Phi) is 3.82. The van der Waals surface area contributed by atoms with Crippen LogP contribution in [-0.2, 0) is 4.74 Å². The molecule has 1 saturated heterocycles. The van der Waals surface area contributed by atoms with Gasteiger partial charge in [0.15, 0.2) is 0 Å². The number of thiocarbonyl (C=S) groups is 1. The largest absolute Gasteiger partial charge is 0.389 e. The average Bonchev–Trinajstić information content (AvgIpc) is 2.26. The second-order valence-corrected chi connectivity index (χ2v) is 5.13. The van der Waals surface area contributed by atoms with E-state index in [-0.39, 0.29) is 23.0 Å². The van der Waals surface area contributed by atoms with E-state index in [9.17, 15) is 4.39 Å². The van der Waals surface area contributed by atoms with Crippen LogP contribution >= 0.6 is 12.2 Å². The van der Waals surface area contributed by atoms with Crippen LogP contribution in [0.2, 0.25) is 0 Å². The summed E-state index contributed by atoms with van der Waals surface area (Å²) in [5.74, 6) is -0.369. The van der Waals surface area contributed by atoms with E-state index < -0.39 is 0 Å². The molecule has 2 N–H and O–H groups in total. The van der Waals surface area contributed by atoms with Crippen molar-refractivity contribution < 1.29 is 9.13 Å². The lowest BCUT2D eigenvalue weighted by molar-refractivity contribution is -0.00523. The SMILES string of the molecule is CC1CN(c2ccc(C(N)=S)c(F)c2)CC(C)O1. The first-order valence-corrected chi connectivity index (χ1v) is 6.38. The van der Waals surface area contributed by atoms with Crippen LogP contribution in [0.15, 0.2) is 18.2 Å². The van der Waals surface area contributed by atoms with Gasteiger partial charge >= 0.3 is 0 Å². The first kappa shape index (κ1) is 13.2. The molecule has 0 radical (unpaired) electrons. The van der Waals surface area contributed by atoms with E-state index in [1.54, 1.807) is 6.07 Å². The van der Waals surface area contributed by atoms with E-state index >= 15 is 0 Å². The lowest BCUT2D eigenvalue weighted by atomic mass is 10.1. The Balaban J connectivity index is 2.23. The lowest BCUT2D eigenvalue weighted by Gasteiger charge is -2.36. The molecule has 0 aromatic heterocycles. The smallest absolute Gasteiger partial charge is 0.135 e. The van der Waals surface area contributed by atoms with Crippen molar-refractivity contribution >= 4 is 22.9 Å². The van der Waals surface area contributed by atoms with Gasteiger partial charge in [-0.2, -0.15) is 0 Å². The molecule has 2 rings (SSSR count). The summed E-state index contributed by atoms with van der Waals surface area (Å²) in [4.78, 5) is 2.20. The Hall–Kier alpha value is -1.20. The summed E-state index contributed by atoms with van der Waals surface area (Å²) in [5, 5.41) is 0. The van der Waals surface area contributed by atoms with Crippen LogP contribution in [0.4, 0.5) is 10.1 Å². The molecule has 2 atom stereocenters. The Morgan fingerprint density at radius 1 is 1.39 bits per heavy atom. The van der Waals surface area contributed by atoms with E-state index in [1.807, 2.05) is 19.9 Å². The Bertz CT molecular complexity index is 456. The van der Waals surface area contributed by atoms with Crippen LogP contribution < -0.4 is 10.6 Å². The molecule has 0 aliphatic carbocycles. The fourth-order valence-corrected chi connectivity index (χ4v) is 2.45. The van der Waals surface area contributed by atoms with Gasteiger partial charge in [0.2, 0.25) is 0 Å². The minimum absolute atomic E-state index is 0.0859. The fraction of sp³-hybridized carbons (Fsp3) is 0.462. The van der Waals surface area contributed by atoms with Gasteiger partial charge in [0.1, 0.15) is 10.8 Å². The van der Waals surface area contributed by atoms with Crippen LogP contribution in [0.3, 0.4) is 0 Å². The third-order valence-corrected chi connectivity index (χ3v) is 3.22. The third kappa shape index (κ3) is 2.79. The minimum atomic E-state index is -0.369. The Morgan fingerprint density at radius 3 is 2.50 bits per heavy atom. The highest BCUT2D eigenvalue weighted by molar-refractivity contribution is 7.80. The summed E-state index contributed by atoms with van der Waals surface area (Å²) in [6, 6.07) is 4.97. The van der Waals surface area contributed by atoms with Gasteiger partial charge in [-0.1, -0.05) is 12.2 Å². The standard InChI is InChI=1S/C13H17FN2OS/c1-8-6-16(7-9(2)17-8)10-3-4-11(13(15)18)12(14)5-10/h3-5,8-9H,6-7H2,1-2H3,(H2,15,18). The molecule has 1 aromatic rings. The molecule has 0 amide bonds. The number of hydrogen-bond donors (Lipinski definition) is 1. The molecular weight excluding hydrogens is 251 g/mol. The van der Waals surface area contributed by atoms with Gasteiger partial charge in [0.25, 0.3) is 0 Å². The van der Waals surface area contributed by atoms with Crippen molar-refractivity contribution in [3.8, 4) is 0 Å². The predicted molar refractivity (Wildman–Crippen MR) is 74.5 cm³/mol. The van der Waals surface area contributed by atoms with Crippen molar-refractivity contribution in [1.29, 1.82) is 0 Å². The summed E-state index contributed by atoms with van der Waals surface area (Å²) < 4.78 is 19.5. The number of nitrogens with two attached hydrogens (primary N) is 1. The zero-order chi connectivity index (χ0) is 13.3. The molecule has 2 unspecified atom stereocenters. The van der Waals surface area contributed by atoms with Gasteiger partial charge in [0.05, 0.1) is 12.2 Å². The molecule has 18 heavy (non-hydrogen) atoms. The molecular formula is C13H17FN2OS. The van der Waals surface area contributed by atoms with Crippen LogP contribution in [0.5, 0.6) is 0 Å². The zero-order valence-corrected chi connectivity index (χ0v) is 11.3. The summed E-state index contributed by atoms with van der Waals surface area (Å²) in [6.07, 6.45) is 0.291. The number of halogens is 1. The van der Waals surface area contributed by atoms with Crippen molar-refractivity contribution in [2.24, 2.45) is 5.73 Å². The highest BCUT2D eigenvalue weighted by atomic mass is 32.1. The predicted octanol–water partition coefficient (Wildman–Crippen LogP) is 2.07. The zero-order valence-electron chi connectivity index (χ0n) is 10.5. The van der Waals surface area contributed by atoms with Gasteiger partial charge in [-0.3, -0.25) is 0 Å². The maximum absolute atomic E-state index is 13.8. The minimum Gasteiger partial charge on any atom is -0.389 e. The molecule has 0 bridgehead atoms. The monoisotopic (exact) mass is 268 g/mol. The summed E-state index contributed by atoms with van der Waals surface area (Å²) in [5.41, 5.74) is 6.58. The van der Waals surface area contributed by atoms with E-state index in [2.05, 4.69) is 4.90 Å². The van der Waals surface area contributed by atoms with Crippen molar-refractivity contribution in [3.05, 3.63) is 29.6 Å². The fourth-order valence-electron chi connectivity index (χ4n) is 2.29. The lowest BCUT2D eigenvalue weighted by Crippen LogP contribution is -2.45. The van der Waals surface area contributed by atoms with Crippen LogP contribution in [0.25, 0.3) is 0 Å². The van der Waals surface area contributed by atoms with Crippen molar-refractivity contribution in [2.45, 2.75) is 26.1 Å². The number of benzene rings is 1. The molecule has 1 fully saturated rings. The number of nitrogens with zero attached hydrogens (tertiary/aromatic N) is 1. The Labute approximate surface area is 112 Å². The van der Waals surface area contributed by atoms with E-state index in [0.717, 1.165) is 18.8 Å². The Morgan fingerprint density at radius 2 is 2.00 bits per heavy atom. The molecule has 98 valence electrons. The third-order valence-electron chi connectivity index (χ3n) is 3.00. The first-order chi connectivity index (χ1) is 8.47. The topological polar surface area (TPSA) is 38.5 Å². The van der Waals surface area contributed by atoms with Gasteiger partial charge in [0, 0.05) is 24.3 Å². The summed E-state index contributed by atoms with van der Waals surface area (Å²) in [6.45, 7) is 5.55. The van der Waals surface area contributed by atoms with Crippen molar-refractivity contribution in [3.63, 3.8) is 0 Å². The molecule has 5 heteroatoms. The highest BCUT2D eigenvalue weighted by Crippen LogP contribution is 2.22. The van der Waals surface area contributed by atoms with Gasteiger partial charge < -0.3 is 15.4 Å². The summed E-state index contributed by atoms with van der Waals surface area (Å²) >= 11 is 4.79. The molecule has 1 heterocycles. The second-order valence-electron chi connectivity index (χ2n) is 4.69. The second kappa shape index (κ2) is 5.20. The molecule has 0 spiro atoms. The molecule has 0 saturated carbocycles. The van der Waals surface area contributed by atoms with Crippen LogP contribution in [0, 0.1) is 5.82 Å². The maximum atomic E-state index is 13.8. The number of rotatable bonds is 2. The van der Waals surface area contributed by atoms with E-state index in [0.29, 0.717) is 5.56 Å². The molecule has 1 aliphatic heterocycles. The van der Waals surface area contributed by atoms with Crippen LogP contribution in [0.1, 0.15) is 19.4 Å². The molecule has 1 aromatic carbocycles. The quantitative estimate of drug-likeness (QED) is 0.833. The average molecular weight is 268 g/mol. The van der Waals surface area contributed by atoms with E-state index in [4.69, 9.17) is 22.7 Å².